The number of para-hydroxylation sites is 1. The highest BCUT2D eigenvalue weighted by molar-refractivity contribution is 5.78. The van der Waals surface area contributed by atoms with Crippen LogP contribution in [0.3, 0.4) is 0 Å². The van der Waals surface area contributed by atoms with Crippen LogP contribution in [0.25, 0.3) is 0 Å². The minimum atomic E-state index is 0.115. The van der Waals surface area contributed by atoms with E-state index in [4.69, 9.17) is 4.74 Å². The number of rotatable bonds is 3. The van der Waals surface area contributed by atoms with Crippen molar-refractivity contribution in [2.24, 2.45) is 5.41 Å². The summed E-state index contributed by atoms with van der Waals surface area (Å²) in [6.07, 6.45) is 3.53. The van der Waals surface area contributed by atoms with Crippen molar-refractivity contribution in [3.05, 3.63) is 30.3 Å². The van der Waals surface area contributed by atoms with E-state index in [-0.39, 0.29) is 12.5 Å². The summed E-state index contributed by atoms with van der Waals surface area (Å²) in [5, 5.41) is 3.40. The zero-order chi connectivity index (χ0) is 13.8. The standard InChI is InChI=1S/C16H22N2O2/c19-15(12-20-14-4-2-1-3-5-14)18-11-8-16(13-18)6-9-17-10-7-16/h1-5,17H,6-13H2. The molecule has 0 radical (unpaired) electrons. The van der Waals surface area contributed by atoms with Gasteiger partial charge < -0.3 is 15.0 Å². The molecular weight excluding hydrogens is 252 g/mol. The van der Waals surface area contributed by atoms with Crippen molar-refractivity contribution in [2.75, 3.05) is 32.8 Å². The van der Waals surface area contributed by atoms with Crippen LogP contribution in [0.2, 0.25) is 0 Å². The summed E-state index contributed by atoms with van der Waals surface area (Å²) in [5.41, 5.74) is 0.369. The molecule has 2 fully saturated rings. The second kappa shape index (κ2) is 5.83. The van der Waals surface area contributed by atoms with Gasteiger partial charge in [-0.3, -0.25) is 4.79 Å². The smallest absolute Gasteiger partial charge is 0.260 e. The van der Waals surface area contributed by atoms with E-state index in [2.05, 4.69) is 5.32 Å². The largest absolute Gasteiger partial charge is 0.484 e. The third kappa shape index (κ3) is 2.96. The van der Waals surface area contributed by atoms with Crippen molar-refractivity contribution < 1.29 is 9.53 Å². The highest BCUT2D eigenvalue weighted by Gasteiger charge is 2.40. The van der Waals surface area contributed by atoms with Gasteiger partial charge in [-0.2, -0.15) is 0 Å². The summed E-state index contributed by atoms with van der Waals surface area (Å²) in [7, 11) is 0. The van der Waals surface area contributed by atoms with Gasteiger partial charge in [0, 0.05) is 13.1 Å². The molecule has 0 atom stereocenters. The molecule has 108 valence electrons. The molecule has 0 bridgehead atoms. The molecule has 1 aromatic rings. The Bertz CT molecular complexity index is 455. The Balaban J connectivity index is 1.51. The monoisotopic (exact) mass is 274 g/mol. The minimum Gasteiger partial charge on any atom is -0.484 e. The van der Waals surface area contributed by atoms with Gasteiger partial charge in [0.25, 0.3) is 5.91 Å². The summed E-state index contributed by atoms with van der Waals surface area (Å²) >= 11 is 0. The molecule has 1 aromatic carbocycles. The molecule has 1 spiro atoms. The third-order valence-electron chi connectivity index (χ3n) is 4.56. The highest BCUT2D eigenvalue weighted by atomic mass is 16.5. The lowest BCUT2D eigenvalue weighted by molar-refractivity contribution is -0.132. The first kappa shape index (κ1) is 13.4. The Morgan fingerprint density at radius 3 is 2.70 bits per heavy atom. The fourth-order valence-electron chi connectivity index (χ4n) is 3.27. The van der Waals surface area contributed by atoms with E-state index < -0.39 is 0 Å². The molecule has 3 rings (SSSR count). The van der Waals surface area contributed by atoms with Crippen molar-refractivity contribution >= 4 is 5.91 Å². The molecule has 1 amide bonds. The predicted molar refractivity (Wildman–Crippen MR) is 77.7 cm³/mol. The summed E-state index contributed by atoms with van der Waals surface area (Å²) < 4.78 is 5.55. The number of benzene rings is 1. The zero-order valence-corrected chi connectivity index (χ0v) is 11.8. The van der Waals surface area contributed by atoms with Crippen LogP contribution >= 0.6 is 0 Å². The Labute approximate surface area is 120 Å². The Morgan fingerprint density at radius 1 is 1.20 bits per heavy atom. The predicted octanol–water partition coefficient (Wildman–Crippen LogP) is 1.67. The van der Waals surface area contributed by atoms with Crippen LogP contribution in [0.5, 0.6) is 5.75 Å². The van der Waals surface area contributed by atoms with Crippen molar-refractivity contribution in [1.82, 2.24) is 10.2 Å². The van der Waals surface area contributed by atoms with Crippen LogP contribution < -0.4 is 10.1 Å². The van der Waals surface area contributed by atoms with Crippen molar-refractivity contribution in [3.8, 4) is 5.75 Å². The maximum absolute atomic E-state index is 12.2. The van der Waals surface area contributed by atoms with Crippen LogP contribution in [-0.2, 0) is 4.79 Å². The lowest BCUT2D eigenvalue weighted by Gasteiger charge is -2.33. The molecule has 20 heavy (non-hydrogen) atoms. The average molecular weight is 274 g/mol. The molecule has 1 N–H and O–H groups in total. The maximum Gasteiger partial charge on any atom is 0.260 e. The quantitative estimate of drug-likeness (QED) is 0.911. The van der Waals surface area contributed by atoms with Crippen molar-refractivity contribution in [2.45, 2.75) is 19.3 Å². The normalized spacial score (nSPS) is 21.1. The minimum absolute atomic E-state index is 0.115. The first-order valence-corrected chi connectivity index (χ1v) is 7.44. The Morgan fingerprint density at radius 2 is 1.95 bits per heavy atom. The number of piperidine rings is 1. The fraction of sp³-hybridized carbons (Fsp3) is 0.562. The number of carbonyl (C=O) groups excluding carboxylic acids is 1. The third-order valence-corrected chi connectivity index (χ3v) is 4.56. The maximum atomic E-state index is 12.2. The molecule has 2 aliphatic rings. The Hall–Kier alpha value is -1.55. The van der Waals surface area contributed by atoms with Gasteiger partial charge in [0.15, 0.2) is 6.61 Å². The number of carbonyl (C=O) groups is 1. The topological polar surface area (TPSA) is 41.6 Å². The number of hydrogen-bond donors (Lipinski definition) is 1. The number of hydrogen-bond acceptors (Lipinski definition) is 3. The van der Waals surface area contributed by atoms with Crippen LogP contribution in [0, 0.1) is 5.41 Å². The molecule has 2 aliphatic heterocycles. The molecule has 0 aromatic heterocycles. The van der Waals surface area contributed by atoms with Crippen molar-refractivity contribution in [1.29, 1.82) is 0 Å². The lowest BCUT2D eigenvalue weighted by atomic mass is 9.78. The first-order chi connectivity index (χ1) is 9.77. The Kier molecular flexibility index (Phi) is 3.92. The van der Waals surface area contributed by atoms with Gasteiger partial charge >= 0.3 is 0 Å². The summed E-state index contributed by atoms with van der Waals surface area (Å²) in [4.78, 5) is 14.2. The number of ether oxygens (including phenoxy) is 1. The van der Waals surface area contributed by atoms with E-state index in [1.807, 2.05) is 35.2 Å². The average Bonchev–Trinajstić information content (AvgIpc) is 2.90. The number of nitrogens with one attached hydrogen (secondary N) is 1. The molecule has 0 saturated carbocycles. The molecule has 4 heteroatoms. The molecule has 2 heterocycles. The van der Waals surface area contributed by atoms with Crippen LogP contribution in [0.4, 0.5) is 0 Å². The van der Waals surface area contributed by atoms with Gasteiger partial charge in [0.2, 0.25) is 0 Å². The van der Waals surface area contributed by atoms with Crippen molar-refractivity contribution in [3.63, 3.8) is 0 Å². The highest BCUT2D eigenvalue weighted by Crippen LogP contribution is 2.38. The molecule has 4 nitrogen and oxygen atoms in total. The van der Waals surface area contributed by atoms with Crippen LogP contribution in [0.15, 0.2) is 30.3 Å². The summed E-state index contributed by atoms with van der Waals surface area (Å²) in [6.45, 7) is 4.12. The molecule has 0 unspecified atom stereocenters. The summed E-state index contributed by atoms with van der Waals surface area (Å²) in [6, 6.07) is 9.53. The van der Waals surface area contributed by atoms with E-state index in [0.29, 0.717) is 5.41 Å². The van der Waals surface area contributed by atoms with Crippen LogP contribution in [-0.4, -0.2) is 43.6 Å². The van der Waals surface area contributed by atoms with Gasteiger partial charge in [0.05, 0.1) is 0 Å². The molecular formula is C16H22N2O2. The number of likely N-dealkylation sites (tertiary alicyclic amines) is 1. The van der Waals surface area contributed by atoms with E-state index in [9.17, 15) is 4.79 Å². The SMILES string of the molecule is O=C(COc1ccccc1)N1CCC2(CCNCC2)C1. The second-order valence-electron chi connectivity index (χ2n) is 5.92. The number of nitrogens with zero attached hydrogens (tertiary/aromatic N) is 1. The number of amides is 1. The first-order valence-electron chi connectivity index (χ1n) is 7.44. The van der Waals surface area contributed by atoms with E-state index >= 15 is 0 Å². The van der Waals surface area contributed by atoms with E-state index in [0.717, 1.165) is 38.3 Å². The zero-order valence-electron chi connectivity index (χ0n) is 11.8. The van der Waals surface area contributed by atoms with Gasteiger partial charge in [-0.25, -0.2) is 0 Å². The molecule has 0 aliphatic carbocycles. The molecule has 2 saturated heterocycles. The second-order valence-corrected chi connectivity index (χ2v) is 5.92. The van der Waals surface area contributed by atoms with Gasteiger partial charge in [-0.15, -0.1) is 0 Å². The van der Waals surface area contributed by atoms with E-state index in [1.165, 1.54) is 12.8 Å². The van der Waals surface area contributed by atoms with E-state index in [1.54, 1.807) is 0 Å². The summed E-state index contributed by atoms with van der Waals surface area (Å²) in [5.74, 6) is 0.876. The van der Waals surface area contributed by atoms with Gasteiger partial charge in [-0.1, -0.05) is 18.2 Å². The lowest BCUT2D eigenvalue weighted by Crippen LogP contribution is -2.40. The fourth-order valence-corrected chi connectivity index (χ4v) is 3.27. The van der Waals surface area contributed by atoms with Gasteiger partial charge in [-0.05, 0) is 49.9 Å². The van der Waals surface area contributed by atoms with Gasteiger partial charge in [0.1, 0.15) is 5.75 Å². The van der Waals surface area contributed by atoms with Crippen LogP contribution in [0.1, 0.15) is 19.3 Å².